The van der Waals surface area contributed by atoms with Crippen LogP contribution in [0.15, 0.2) is 17.9 Å². The quantitative estimate of drug-likeness (QED) is 0.593. The summed E-state index contributed by atoms with van der Waals surface area (Å²) in [5, 5.41) is 16.8. The van der Waals surface area contributed by atoms with Crippen molar-refractivity contribution < 1.29 is 18.7 Å². The van der Waals surface area contributed by atoms with Gasteiger partial charge in [0.05, 0.1) is 5.76 Å². The number of carbonyl (C=O) groups is 1. The number of Topliss-reactive ketones (excluding diaryl/α,β-unsaturated/α-hetero) is 1. The lowest BCUT2D eigenvalue weighted by molar-refractivity contribution is -0.122. The average molecular weight is 321 g/mol. The van der Waals surface area contributed by atoms with Gasteiger partial charge in [0, 0.05) is 23.3 Å². The number of allylic oxidation sites excluding steroid dienone is 2. The molecule has 2 N–H and O–H groups in total. The fourth-order valence-electron chi connectivity index (χ4n) is 3.30. The molecule has 124 valence electrons. The van der Waals surface area contributed by atoms with E-state index in [1.807, 2.05) is 0 Å². The number of hydrogen-bond donors (Lipinski definition) is 2. The van der Waals surface area contributed by atoms with E-state index in [0.717, 1.165) is 31.2 Å². The second-order valence-corrected chi connectivity index (χ2v) is 6.26. The third kappa shape index (κ3) is 3.49. The first-order valence-electron chi connectivity index (χ1n) is 7.68. The van der Waals surface area contributed by atoms with Crippen LogP contribution in [0.3, 0.4) is 0 Å². The number of aliphatic hydroxyl groups excluding tert-OH is 1. The van der Waals surface area contributed by atoms with E-state index < -0.39 is 17.6 Å². The van der Waals surface area contributed by atoms with Crippen molar-refractivity contribution in [1.82, 2.24) is 0 Å². The molecule has 0 amide bonds. The number of nitrogens with one attached hydrogen (secondary N) is 1. The summed E-state index contributed by atoms with van der Waals surface area (Å²) in [4.78, 5) is 11.9. The Bertz CT molecular complexity index is 651. The highest BCUT2D eigenvalue weighted by molar-refractivity contribution is 6.08. The van der Waals surface area contributed by atoms with Gasteiger partial charge in [-0.15, -0.1) is 0 Å². The molecule has 1 aliphatic rings. The molecule has 1 aromatic carbocycles. The molecule has 0 spiro atoms. The van der Waals surface area contributed by atoms with E-state index in [9.17, 15) is 18.7 Å². The number of benzene rings is 1. The van der Waals surface area contributed by atoms with Gasteiger partial charge in [-0.2, -0.15) is 0 Å². The highest BCUT2D eigenvalue weighted by Crippen LogP contribution is 2.45. The van der Waals surface area contributed by atoms with Crippen LogP contribution in [0.4, 0.5) is 8.78 Å². The number of rotatable bonds is 6. The third-order valence-electron chi connectivity index (χ3n) is 4.52. The number of aliphatic hydroxyl groups is 1. The van der Waals surface area contributed by atoms with Gasteiger partial charge in [0.25, 0.3) is 0 Å². The second-order valence-electron chi connectivity index (χ2n) is 6.26. The Balaban J connectivity index is 2.46. The molecule has 0 bridgehead atoms. The minimum atomic E-state index is -0.750. The number of carbonyl (C=O) groups excluding carboxylic acids is 1. The van der Waals surface area contributed by atoms with Gasteiger partial charge >= 0.3 is 0 Å². The first-order valence-corrected chi connectivity index (χ1v) is 7.68. The van der Waals surface area contributed by atoms with Crippen molar-refractivity contribution in [2.45, 2.75) is 39.5 Å². The molecule has 2 atom stereocenters. The summed E-state index contributed by atoms with van der Waals surface area (Å²) in [6, 6.07) is 2.22. The predicted molar refractivity (Wildman–Crippen MR) is 85.7 cm³/mol. The van der Waals surface area contributed by atoms with Gasteiger partial charge in [0.2, 0.25) is 0 Å². The highest BCUT2D eigenvalue weighted by atomic mass is 19.1. The minimum Gasteiger partial charge on any atom is -0.512 e. The molecule has 0 aromatic heterocycles. The van der Waals surface area contributed by atoms with Crippen molar-refractivity contribution in [2.75, 3.05) is 0 Å². The molecule has 1 fully saturated rings. The Kier molecular flexibility index (Phi) is 4.97. The van der Waals surface area contributed by atoms with Crippen molar-refractivity contribution in [1.29, 1.82) is 5.41 Å². The number of hydrogen-bond acceptors (Lipinski definition) is 3. The summed E-state index contributed by atoms with van der Waals surface area (Å²) in [5.74, 6) is -2.44. The molecule has 0 aliphatic heterocycles. The molecule has 1 saturated carbocycles. The SMILES string of the molecule is CC(=O)C(C1CC1)C(C)c1c(F)cc(/C(C=N)=C(\C)O)cc1F. The molecular weight excluding hydrogens is 300 g/mol. The Morgan fingerprint density at radius 2 is 1.83 bits per heavy atom. The van der Waals surface area contributed by atoms with E-state index in [1.54, 1.807) is 6.92 Å². The normalized spacial score (nSPS) is 18.1. The van der Waals surface area contributed by atoms with Crippen molar-refractivity contribution in [3.05, 3.63) is 40.7 Å². The zero-order valence-corrected chi connectivity index (χ0v) is 13.5. The fraction of sp³-hybridized carbons (Fsp3) is 0.444. The van der Waals surface area contributed by atoms with E-state index in [0.29, 0.717) is 0 Å². The van der Waals surface area contributed by atoms with Crippen LogP contribution in [0.2, 0.25) is 0 Å². The van der Waals surface area contributed by atoms with Crippen molar-refractivity contribution >= 4 is 17.6 Å². The minimum absolute atomic E-state index is 0.0471. The van der Waals surface area contributed by atoms with E-state index in [1.165, 1.54) is 13.8 Å². The van der Waals surface area contributed by atoms with Gasteiger partial charge in [-0.3, -0.25) is 4.79 Å². The summed E-state index contributed by atoms with van der Waals surface area (Å²) in [6.45, 7) is 4.50. The van der Waals surface area contributed by atoms with Crippen molar-refractivity contribution in [3.8, 4) is 0 Å². The molecule has 23 heavy (non-hydrogen) atoms. The third-order valence-corrected chi connectivity index (χ3v) is 4.52. The Labute approximate surface area is 134 Å². The first-order chi connectivity index (χ1) is 10.8. The Morgan fingerprint density at radius 3 is 2.17 bits per heavy atom. The summed E-state index contributed by atoms with van der Waals surface area (Å²) < 4.78 is 29.0. The van der Waals surface area contributed by atoms with Crippen molar-refractivity contribution in [3.63, 3.8) is 0 Å². The molecule has 0 heterocycles. The lowest BCUT2D eigenvalue weighted by Crippen LogP contribution is -2.22. The molecule has 2 unspecified atom stereocenters. The zero-order valence-electron chi connectivity index (χ0n) is 13.5. The fourth-order valence-corrected chi connectivity index (χ4v) is 3.30. The maximum absolute atomic E-state index is 14.5. The van der Waals surface area contributed by atoms with Crippen molar-refractivity contribution in [2.24, 2.45) is 11.8 Å². The summed E-state index contributed by atoms with van der Waals surface area (Å²) >= 11 is 0. The van der Waals surface area contributed by atoms with Crippen LogP contribution in [-0.2, 0) is 4.79 Å². The van der Waals surface area contributed by atoms with Gasteiger partial charge in [0.15, 0.2) is 0 Å². The monoisotopic (exact) mass is 321 g/mol. The van der Waals surface area contributed by atoms with Gasteiger partial charge in [0.1, 0.15) is 17.4 Å². The molecule has 3 nitrogen and oxygen atoms in total. The van der Waals surface area contributed by atoms with Crippen LogP contribution < -0.4 is 0 Å². The van der Waals surface area contributed by atoms with Crippen LogP contribution in [0.1, 0.15) is 50.7 Å². The molecule has 1 aliphatic carbocycles. The van der Waals surface area contributed by atoms with Crippen LogP contribution in [-0.4, -0.2) is 17.1 Å². The van der Waals surface area contributed by atoms with Gasteiger partial charge in [-0.1, -0.05) is 6.92 Å². The average Bonchev–Trinajstić information content (AvgIpc) is 3.22. The number of ketones is 1. The first kappa shape index (κ1) is 17.3. The molecule has 5 heteroatoms. The maximum atomic E-state index is 14.5. The summed E-state index contributed by atoms with van der Waals surface area (Å²) in [5.41, 5.74) is 0.0739. The van der Waals surface area contributed by atoms with Crippen LogP contribution in [0, 0.1) is 28.9 Å². The van der Waals surface area contributed by atoms with Gasteiger partial charge in [-0.05, 0) is 56.2 Å². The Hall–Kier alpha value is -2.04. The standard InChI is InChI=1S/C18H21F2NO2/c1-9(17(11(3)23)12-4-5-12)18-15(19)6-13(7-16(18)20)14(8-21)10(2)22/h6-9,12,17,21-22H,4-5H2,1-3H3/b14-10+,21-8?. The predicted octanol–water partition coefficient (Wildman–Crippen LogP) is 4.62. The lowest BCUT2D eigenvalue weighted by atomic mass is 9.81. The molecule has 1 aromatic rings. The van der Waals surface area contributed by atoms with Gasteiger partial charge < -0.3 is 10.5 Å². The molecule has 2 rings (SSSR count). The highest BCUT2D eigenvalue weighted by Gasteiger charge is 2.39. The van der Waals surface area contributed by atoms with Crippen LogP contribution in [0.25, 0.3) is 5.57 Å². The molecule has 0 radical (unpaired) electrons. The van der Waals surface area contributed by atoms with E-state index in [2.05, 4.69) is 0 Å². The Morgan fingerprint density at radius 1 is 1.30 bits per heavy atom. The van der Waals surface area contributed by atoms with E-state index >= 15 is 0 Å². The van der Waals surface area contributed by atoms with E-state index in [4.69, 9.17) is 5.41 Å². The topological polar surface area (TPSA) is 61.2 Å². The maximum Gasteiger partial charge on any atom is 0.133 e. The largest absolute Gasteiger partial charge is 0.512 e. The zero-order chi connectivity index (χ0) is 17.3. The second kappa shape index (κ2) is 6.60. The van der Waals surface area contributed by atoms with E-state index in [-0.39, 0.29) is 40.1 Å². The summed E-state index contributed by atoms with van der Waals surface area (Å²) in [6.07, 6.45) is 2.69. The van der Waals surface area contributed by atoms with Crippen LogP contribution >= 0.6 is 0 Å². The lowest BCUT2D eigenvalue weighted by Gasteiger charge is -2.23. The number of halogens is 2. The van der Waals surface area contributed by atoms with Gasteiger partial charge in [-0.25, -0.2) is 8.78 Å². The summed E-state index contributed by atoms with van der Waals surface area (Å²) in [7, 11) is 0. The van der Waals surface area contributed by atoms with Crippen LogP contribution in [0.5, 0.6) is 0 Å². The molecule has 0 saturated heterocycles. The molecular formula is C18H21F2NO2. The smallest absolute Gasteiger partial charge is 0.133 e.